The fourth-order valence-corrected chi connectivity index (χ4v) is 4.90. The summed E-state index contributed by atoms with van der Waals surface area (Å²) >= 11 is 5.45. The standard InChI is InChI=1S/C18H19ClN2O6S/c1-10-9-28(25)17-14(20-13(22)7-19)16(23)21(17)15(10)18(24)27-8-11-3-5-12(26-2)6-4-11/h3-6,14-15,17H,1,7-9H2,2H3,(H,20,22)/t14?,15?,17-,28?/m0/s1. The van der Waals surface area contributed by atoms with Gasteiger partial charge in [0.25, 0.3) is 0 Å². The Bertz CT molecular complexity index is 843. The second kappa shape index (κ2) is 8.32. The Kier molecular flexibility index (Phi) is 6.04. The Hall–Kier alpha value is -2.39. The van der Waals surface area contributed by atoms with Crippen LogP contribution in [0.3, 0.4) is 0 Å². The van der Waals surface area contributed by atoms with Gasteiger partial charge in [-0.1, -0.05) is 18.7 Å². The van der Waals surface area contributed by atoms with E-state index >= 15 is 0 Å². The highest BCUT2D eigenvalue weighted by Gasteiger charge is 2.59. The first-order chi connectivity index (χ1) is 13.4. The van der Waals surface area contributed by atoms with E-state index in [4.69, 9.17) is 21.1 Å². The van der Waals surface area contributed by atoms with Gasteiger partial charge in [-0.25, -0.2) is 4.79 Å². The van der Waals surface area contributed by atoms with Gasteiger partial charge in [-0.15, -0.1) is 11.6 Å². The van der Waals surface area contributed by atoms with E-state index in [1.165, 1.54) is 4.90 Å². The van der Waals surface area contributed by atoms with E-state index in [9.17, 15) is 18.6 Å². The van der Waals surface area contributed by atoms with Crippen molar-refractivity contribution in [1.29, 1.82) is 0 Å². The molecule has 0 aromatic heterocycles. The summed E-state index contributed by atoms with van der Waals surface area (Å²) in [5, 5.41) is 1.64. The lowest BCUT2D eigenvalue weighted by Crippen LogP contribution is -2.77. The van der Waals surface area contributed by atoms with Gasteiger partial charge in [-0.2, -0.15) is 0 Å². The third kappa shape index (κ3) is 3.77. The van der Waals surface area contributed by atoms with Crippen LogP contribution in [-0.2, 0) is 36.5 Å². The molecule has 28 heavy (non-hydrogen) atoms. The number of rotatable bonds is 6. The number of alkyl halides is 1. The molecule has 2 heterocycles. The largest absolute Gasteiger partial charge is 0.497 e. The van der Waals surface area contributed by atoms with Crippen LogP contribution < -0.4 is 10.1 Å². The molecular formula is C18H19ClN2O6S. The van der Waals surface area contributed by atoms with Crippen molar-refractivity contribution in [2.45, 2.75) is 24.1 Å². The van der Waals surface area contributed by atoms with Crippen molar-refractivity contribution < 1.29 is 28.1 Å². The predicted octanol–water partition coefficient (Wildman–Crippen LogP) is 0.317. The number of halogens is 1. The Morgan fingerprint density at radius 2 is 2.04 bits per heavy atom. The number of esters is 1. The van der Waals surface area contributed by atoms with Gasteiger partial charge in [0.05, 0.1) is 17.9 Å². The number of hydrogen-bond acceptors (Lipinski definition) is 6. The van der Waals surface area contributed by atoms with E-state index in [1.54, 1.807) is 31.4 Å². The first kappa shape index (κ1) is 20.3. The number of fused-ring (bicyclic) bond motifs is 1. The maximum absolute atomic E-state index is 12.6. The van der Waals surface area contributed by atoms with E-state index < -0.39 is 46.0 Å². The number of methoxy groups -OCH3 is 1. The Balaban J connectivity index is 1.69. The maximum Gasteiger partial charge on any atom is 0.333 e. The van der Waals surface area contributed by atoms with E-state index in [-0.39, 0.29) is 18.2 Å². The number of ether oxygens (including phenoxy) is 2. The van der Waals surface area contributed by atoms with Crippen LogP contribution >= 0.6 is 11.6 Å². The Labute approximate surface area is 169 Å². The van der Waals surface area contributed by atoms with Gasteiger partial charge < -0.3 is 19.7 Å². The fraction of sp³-hybridized carbons (Fsp3) is 0.389. The number of amides is 2. The smallest absolute Gasteiger partial charge is 0.333 e. The molecule has 150 valence electrons. The molecule has 1 N–H and O–H groups in total. The molecule has 0 saturated carbocycles. The highest BCUT2D eigenvalue weighted by atomic mass is 35.5. The molecule has 0 aliphatic carbocycles. The zero-order valence-electron chi connectivity index (χ0n) is 15.1. The summed E-state index contributed by atoms with van der Waals surface area (Å²) < 4.78 is 22.8. The molecule has 4 atom stereocenters. The van der Waals surface area contributed by atoms with Crippen LogP contribution in [-0.4, -0.2) is 63.1 Å². The van der Waals surface area contributed by atoms with E-state index in [0.717, 1.165) is 5.56 Å². The summed E-state index contributed by atoms with van der Waals surface area (Å²) in [6, 6.07) is 5.00. The number of benzene rings is 1. The van der Waals surface area contributed by atoms with Crippen LogP contribution in [0.1, 0.15) is 5.56 Å². The fourth-order valence-electron chi connectivity index (χ4n) is 3.16. The van der Waals surface area contributed by atoms with Crippen LogP contribution in [0.25, 0.3) is 0 Å². The minimum atomic E-state index is -1.48. The molecule has 2 fully saturated rings. The molecule has 2 amide bonds. The van der Waals surface area contributed by atoms with Crippen LogP contribution in [0.2, 0.25) is 0 Å². The zero-order valence-corrected chi connectivity index (χ0v) is 16.6. The maximum atomic E-state index is 12.6. The quantitative estimate of drug-likeness (QED) is 0.304. The first-order valence-corrected chi connectivity index (χ1v) is 10.3. The molecule has 2 saturated heterocycles. The van der Waals surface area contributed by atoms with Crippen molar-refractivity contribution in [3.63, 3.8) is 0 Å². The number of carbonyl (C=O) groups is 3. The highest BCUT2D eigenvalue weighted by molar-refractivity contribution is 7.86. The van der Waals surface area contributed by atoms with Gasteiger partial charge in [-0.3, -0.25) is 13.8 Å². The van der Waals surface area contributed by atoms with Crippen molar-refractivity contribution in [2.75, 3.05) is 18.7 Å². The van der Waals surface area contributed by atoms with Crippen LogP contribution in [0.15, 0.2) is 36.4 Å². The van der Waals surface area contributed by atoms with Crippen molar-refractivity contribution in [3.8, 4) is 5.75 Å². The van der Waals surface area contributed by atoms with Gasteiger partial charge >= 0.3 is 5.97 Å². The van der Waals surface area contributed by atoms with Crippen LogP contribution in [0, 0.1) is 0 Å². The zero-order chi connectivity index (χ0) is 20.4. The molecule has 8 nitrogen and oxygen atoms in total. The van der Waals surface area contributed by atoms with E-state index in [0.29, 0.717) is 11.3 Å². The molecule has 3 rings (SSSR count). The van der Waals surface area contributed by atoms with Crippen molar-refractivity contribution in [2.24, 2.45) is 0 Å². The lowest BCUT2D eigenvalue weighted by molar-refractivity contribution is -0.164. The summed E-state index contributed by atoms with van der Waals surface area (Å²) in [6.07, 6.45) is 0. The van der Waals surface area contributed by atoms with Crippen molar-refractivity contribution in [3.05, 3.63) is 42.0 Å². The molecule has 2 aliphatic rings. The molecule has 0 radical (unpaired) electrons. The SMILES string of the molecule is C=C1CS(=O)[C@H]2C(NC(=O)CCl)C(=O)N2C1C(=O)OCc1ccc(OC)cc1. The van der Waals surface area contributed by atoms with Crippen molar-refractivity contribution in [1.82, 2.24) is 10.2 Å². The van der Waals surface area contributed by atoms with Gasteiger partial charge in [0, 0.05) is 5.75 Å². The number of carbonyl (C=O) groups excluding carboxylic acids is 3. The number of β-lactam (4-membered cyclic amide) rings is 1. The third-order valence-electron chi connectivity index (χ3n) is 4.54. The highest BCUT2D eigenvalue weighted by Crippen LogP contribution is 2.34. The van der Waals surface area contributed by atoms with Crippen LogP contribution in [0.4, 0.5) is 0 Å². The molecule has 1 aromatic carbocycles. The number of nitrogens with zero attached hydrogens (tertiary/aromatic N) is 1. The molecule has 2 aliphatic heterocycles. The van der Waals surface area contributed by atoms with Gasteiger partial charge in [0.2, 0.25) is 11.8 Å². The molecule has 1 aromatic rings. The Morgan fingerprint density at radius 1 is 1.36 bits per heavy atom. The molecule has 3 unspecified atom stereocenters. The lowest BCUT2D eigenvalue weighted by atomic mass is 9.98. The summed E-state index contributed by atoms with van der Waals surface area (Å²) in [5.74, 6) is -1.30. The van der Waals surface area contributed by atoms with Crippen molar-refractivity contribution >= 4 is 40.2 Å². The minimum Gasteiger partial charge on any atom is -0.497 e. The van der Waals surface area contributed by atoms with E-state index in [2.05, 4.69) is 11.9 Å². The van der Waals surface area contributed by atoms with Gasteiger partial charge in [0.1, 0.15) is 29.7 Å². The molecule has 10 heteroatoms. The van der Waals surface area contributed by atoms with Gasteiger partial charge in [-0.05, 0) is 23.3 Å². The number of hydrogen-bond donors (Lipinski definition) is 1. The molecular weight excluding hydrogens is 408 g/mol. The number of nitrogens with one attached hydrogen (secondary N) is 1. The van der Waals surface area contributed by atoms with Gasteiger partial charge in [0.15, 0.2) is 6.04 Å². The minimum absolute atomic E-state index is 0.00874. The Morgan fingerprint density at radius 3 is 2.64 bits per heavy atom. The second-order valence-electron chi connectivity index (χ2n) is 6.36. The monoisotopic (exact) mass is 426 g/mol. The summed E-state index contributed by atoms with van der Waals surface area (Å²) in [7, 11) is 0.0702. The molecule has 0 spiro atoms. The lowest BCUT2D eigenvalue weighted by Gasteiger charge is -2.52. The summed E-state index contributed by atoms with van der Waals surface area (Å²) in [4.78, 5) is 37.8. The average molecular weight is 427 g/mol. The summed E-state index contributed by atoms with van der Waals surface area (Å²) in [6.45, 7) is 3.80. The van der Waals surface area contributed by atoms with E-state index in [1.807, 2.05) is 0 Å². The topological polar surface area (TPSA) is 102 Å². The normalized spacial score (nSPS) is 26.1. The molecule has 0 bridgehead atoms. The first-order valence-electron chi connectivity index (χ1n) is 8.39. The predicted molar refractivity (Wildman–Crippen MR) is 102 cm³/mol. The summed E-state index contributed by atoms with van der Waals surface area (Å²) in [5.41, 5.74) is 1.09. The van der Waals surface area contributed by atoms with Crippen LogP contribution in [0.5, 0.6) is 5.75 Å². The third-order valence-corrected chi connectivity index (χ3v) is 6.48. The average Bonchev–Trinajstić information content (AvgIpc) is 2.70. The second-order valence-corrected chi connectivity index (χ2v) is 8.16.